The third-order valence-electron chi connectivity index (χ3n) is 4.11. The fourth-order valence-electron chi connectivity index (χ4n) is 2.73. The molecule has 1 aromatic heterocycles. The molecule has 1 aromatic carbocycles. The summed E-state index contributed by atoms with van der Waals surface area (Å²) in [6.45, 7) is 3.26. The molecular formula is C21H18ClNO7S. The van der Waals surface area contributed by atoms with Crippen LogP contribution in [0.1, 0.15) is 30.0 Å². The summed E-state index contributed by atoms with van der Waals surface area (Å²) in [4.78, 5) is 49.1. The highest BCUT2D eigenvalue weighted by molar-refractivity contribution is 8.18. The van der Waals surface area contributed by atoms with E-state index >= 15 is 0 Å². The second kappa shape index (κ2) is 9.84. The van der Waals surface area contributed by atoms with Crippen molar-refractivity contribution in [2.45, 2.75) is 13.8 Å². The molecule has 0 saturated carbocycles. The highest BCUT2D eigenvalue weighted by Gasteiger charge is 2.36. The van der Waals surface area contributed by atoms with E-state index in [1.165, 1.54) is 6.08 Å². The van der Waals surface area contributed by atoms with Gasteiger partial charge in [0.15, 0.2) is 0 Å². The van der Waals surface area contributed by atoms with E-state index in [1.807, 2.05) is 0 Å². The van der Waals surface area contributed by atoms with Crippen LogP contribution >= 0.6 is 23.4 Å². The van der Waals surface area contributed by atoms with E-state index in [2.05, 4.69) is 0 Å². The van der Waals surface area contributed by atoms with Crippen LogP contribution in [0.4, 0.5) is 4.79 Å². The van der Waals surface area contributed by atoms with E-state index in [9.17, 15) is 19.2 Å². The molecule has 0 aliphatic carbocycles. The number of hydrogen-bond donors (Lipinski definition) is 0. The van der Waals surface area contributed by atoms with Gasteiger partial charge in [0.1, 0.15) is 18.1 Å². The molecule has 0 atom stereocenters. The maximum Gasteiger partial charge on any atom is 0.339 e. The molecule has 2 heterocycles. The first-order chi connectivity index (χ1) is 14.8. The molecule has 2 aromatic rings. The summed E-state index contributed by atoms with van der Waals surface area (Å²) in [7, 11) is 0. The summed E-state index contributed by atoms with van der Waals surface area (Å²) in [5.74, 6) is -1.05. The fraction of sp³-hybridized carbons (Fsp3) is 0.238. The van der Waals surface area contributed by atoms with Gasteiger partial charge in [0.2, 0.25) is 0 Å². The number of amides is 2. The van der Waals surface area contributed by atoms with Gasteiger partial charge >= 0.3 is 11.9 Å². The summed E-state index contributed by atoms with van der Waals surface area (Å²) in [5.41, 5.74) is 0.793. The molecular weight excluding hydrogens is 446 g/mol. The molecule has 1 aliphatic rings. The van der Waals surface area contributed by atoms with Crippen molar-refractivity contribution in [2.24, 2.45) is 0 Å². The normalized spacial score (nSPS) is 14.9. The number of carbonyl (C=O) groups excluding carboxylic acids is 4. The molecule has 31 heavy (non-hydrogen) atoms. The lowest BCUT2D eigenvalue weighted by atomic mass is 10.1. The topological polar surface area (TPSA) is 103 Å². The Kier molecular flexibility index (Phi) is 7.19. The van der Waals surface area contributed by atoms with Crippen LogP contribution < -0.4 is 0 Å². The number of furan rings is 1. The van der Waals surface area contributed by atoms with Crippen molar-refractivity contribution in [3.63, 3.8) is 0 Å². The van der Waals surface area contributed by atoms with Gasteiger partial charge in [0, 0.05) is 11.6 Å². The van der Waals surface area contributed by atoms with E-state index in [0.29, 0.717) is 28.8 Å². The minimum Gasteiger partial charge on any atom is -0.465 e. The molecule has 1 fully saturated rings. The van der Waals surface area contributed by atoms with Crippen LogP contribution in [0.15, 0.2) is 39.7 Å². The predicted molar refractivity (Wildman–Crippen MR) is 114 cm³/mol. The third kappa shape index (κ3) is 5.18. The molecule has 1 aliphatic heterocycles. The molecule has 0 bridgehead atoms. The molecule has 0 unspecified atom stereocenters. The van der Waals surface area contributed by atoms with E-state index in [4.69, 9.17) is 25.5 Å². The number of rotatable bonds is 7. The monoisotopic (exact) mass is 463 g/mol. The van der Waals surface area contributed by atoms with Crippen molar-refractivity contribution < 1.29 is 33.1 Å². The lowest BCUT2D eigenvalue weighted by Crippen LogP contribution is -2.34. The van der Waals surface area contributed by atoms with Crippen LogP contribution in [-0.2, 0) is 19.1 Å². The lowest BCUT2D eigenvalue weighted by molar-refractivity contribution is -0.145. The SMILES string of the molecule is CCOC(=O)CN1C(=O)S/C(=C/c2ccc(-c3ccc(Cl)c(C(=O)OCC)c3)o2)C1=O. The Morgan fingerprint density at radius 3 is 2.58 bits per heavy atom. The average Bonchev–Trinajstić information content (AvgIpc) is 3.29. The molecule has 3 rings (SSSR count). The van der Waals surface area contributed by atoms with Crippen LogP contribution in [0, 0.1) is 0 Å². The Morgan fingerprint density at radius 1 is 1.13 bits per heavy atom. The summed E-state index contributed by atoms with van der Waals surface area (Å²) in [5, 5.41) is -0.308. The van der Waals surface area contributed by atoms with Crippen LogP contribution in [0.5, 0.6) is 0 Å². The molecule has 0 radical (unpaired) electrons. The Balaban J connectivity index is 1.80. The van der Waals surface area contributed by atoms with E-state index in [0.717, 1.165) is 4.90 Å². The maximum atomic E-state index is 12.5. The van der Waals surface area contributed by atoms with Gasteiger partial charge in [-0.25, -0.2) is 4.79 Å². The number of nitrogens with zero attached hydrogens (tertiary/aromatic N) is 1. The third-order valence-corrected chi connectivity index (χ3v) is 5.35. The molecule has 1 saturated heterocycles. The van der Waals surface area contributed by atoms with Crippen molar-refractivity contribution in [1.29, 1.82) is 0 Å². The number of esters is 2. The first kappa shape index (κ1) is 22.6. The van der Waals surface area contributed by atoms with E-state index in [1.54, 1.807) is 44.2 Å². The zero-order valence-corrected chi connectivity index (χ0v) is 18.2. The van der Waals surface area contributed by atoms with E-state index in [-0.39, 0.29) is 28.7 Å². The molecule has 10 heteroatoms. The Morgan fingerprint density at radius 2 is 1.87 bits per heavy atom. The van der Waals surface area contributed by atoms with Crippen LogP contribution in [0.3, 0.4) is 0 Å². The number of imide groups is 1. The number of benzene rings is 1. The van der Waals surface area contributed by atoms with E-state index < -0.39 is 29.6 Å². The minimum absolute atomic E-state index is 0.124. The predicted octanol–water partition coefficient (Wildman–Crippen LogP) is 4.38. The molecule has 0 spiro atoms. The lowest BCUT2D eigenvalue weighted by Gasteiger charge is -2.10. The fourth-order valence-corrected chi connectivity index (χ4v) is 3.74. The largest absolute Gasteiger partial charge is 0.465 e. The minimum atomic E-state index is -0.661. The van der Waals surface area contributed by atoms with Crippen LogP contribution in [0.25, 0.3) is 17.4 Å². The number of carbonyl (C=O) groups is 4. The highest BCUT2D eigenvalue weighted by Crippen LogP contribution is 2.34. The average molecular weight is 464 g/mol. The van der Waals surface area contributed by atoms with Crippen molar-refractivity contribution in [3.8, 4) is 11.3 Å². The van der Waals surface area contributed by atoms with Crippen molar-refractivity contribution in [2.75, 3.05) is 19.8 Å². The number of ether oxygens (including phenoxy) is 2. The molecule has 2 amide bonds. The second-order valence-corrected chi connectivity index (χ2v) is 7.59. The maximum absolute atomic E-state index is 12.5. The van der Waals surface area contributed by atoms with Gasteiger partial charge in [0.05, 0.1) is 28.7 Å². The highest BCUT2D eigenvalue weighted by atomic mass is 35.5. The first-order valence-electron chi connectivity index (χ1n) is 9.31. The smallest absolute Gasteiger partial charge is 0.339 e. The first-order valence-corrected chi connectivity index (χ1v) is 10.5. The van der Waals surface area contributed by atoms with Gasteiger partial charge in [-0.1, -0.05) is 11.6 Å². The molecule has 162 valence electrons. The number of hydrogen-bond acceptors (Lipinski definition) is 8. The quantitative estimate of drug-likeness (QED) is 0.440. The zero-order valence-electron chi connectivity index (χ0n) is 16.7. The van der Waals surface area contributed by atoms with Crippen LogP contribution in [-0.4, -0.2) is 47.7 Å². The summed E-state index contributed by atoms with van der Waals surface area (Å²) >= 11 is 6.79. The number of thioether (sulfide) groups is 1. The van der Waals surface area contributed by atoms with Crippen molar-refractivity contribution in [1.82, 2.24) is 4.90 Å². The van der Waals surface area contributed by atoms with Crippen LogP contribution in [0.2, 0.25) is 5.02 Å². The van der Waals surface area contributed by atoms with Gasteiger partial charge < -0.3 is 13.9 Å². The Labute approximate surface area is 187 Å². The second-order valence-electron chi connectivity index (χ2n) is 6.19. The molecule has 8 nitrogen and oxygen atoms in total. The van der Waals surface area contributed by atoms with Gasteiger partial charge in [-0.3, -0.25) is 19.3 Å². The Bertz CT molecular complexity index is 1080. The van der Waals surface area contributed by atoms with Gasteiger partial charge in [-0.05, 0) is 55.9 Å². The standard InChI is InChI=1S/C21H18ClNO7S/c1-3-28-18(24)11-23-19(25)17(31-21(23)27)10-13-6-8-16(30-13)12-5-7-15(22)14(9-12)20(26)29-4-2/h5-10H,3-4,11H2,1-2H3/b17-10+. The van der Waals surface area contributed by atoms with Gasteiger partial charge in [0.25, 0.3) is 11.1 Å². The summed E-state index contributed by atoms with van der Waals surface area (Å²) in [6.07, 6.45) is 1.42. The summed E-state index contributed by atoms with van der Waals surface area (Å²) < 4.78 is 15.5. The number of halogens is 1. The van der Waals surface area contributed by atoms with Gasteiger partial charge in [-0.2, -0.15) is 0 Å². The van der Waals surface area contributed by atoms with Crippen molar-refractivity contribution >= 4 is 52.5 Å². The van der Waals surface area contributed by atoms with Gasteiger partial charge in [-0.15, -0.1) is 0 Å². The van der Waals surface area contributed by atoms with Crippen molar-refractivity contribution in [3.05, 3.63) is 51.6 Å². The molecule has 0 N–H and O–H groups in total. The zero-order chi connectivity index (χ0) is 22.5. The Hall–Kier alpha value is -3.04. The summed E-state index contributed by atoms with van der Waals surface area (Å²) in [6, 6.07) is 8.07.